The van der Waals surface area contributed by atoms with Crippen LogP contribution < -0.4 is 10.1 Å². The van der Waals surface area contributed by atoms with Gasteiger partial charge in [0.05, 0.1) is 6.61 Å². The van der Waals surface area contributed by atoms with Crippen LogP contribution in [-0.4, -0.2) is 18.1 Å². The van der Waals surface area contributed by atoms with E-state index in [1.165, 1.54) is 22.2 Å². The molecule has 1 unspecified atom stereocenters. The van der Waals surface area contributed by atoms with Crippen molar-refractivity contribution in [2.75, 3.05) is 13.2 Å². The Bertz CT molecular complexity index is 544. The van der Waals surface area contributed by atoms with Crippen LogP contribution >= 0.6 is 0 Å². The molecular weight excluding hydrogens is 212 g/mol. The fourth-order valence-electron chi connectivity index (χ4n) is 2.63. The van der Waals surface area contributed by atoms with Gasteiger partial charge in [0, 0.05) is 35.6 Å². The van der Waals surface area contributed by atoms with Crippen molar-refractivity contribution in [3.63, 3.8) is 0 Å². The molecule has 0 saturated carbocycles. The van der Waals surface area contributed by atoms with Crippen molar-refractivity contribution in [3.8, 4) is 5.75 Å². The van der Waals surface area contributed by atoms with Crippen molar-refractivity contribution in [3.05, 3.63) is 29.5 Å². The molecule has 0 fully saturated rings. The maximum Gasteiger partial charge on any atom is 0.120 e. The van der Waals surface area contributed by atoms with Crippen LogP contribution in [0.15, 0.2) is 18.2 Å². The molecule has 3 heteroatoms. The summed E-state index contributed by atoms with van der Waals surface area (Å²) >= 11 is 0. The number of fused-ring (bicyclic) bond motifs is 3. The number of ether oxygens (including phenoxy) is 1. The fraction of sp³-hybridized carbons (Fsp3) is 0.429. The minimum absolute atomic E-state index is 0.557. The largest absolute Gasteiger partial charge is 0.494 e. The second-order valence-electron chi connectivity index (χ2n) is 4.69. The number of hydrogen-bond acceptors (Lipinski definition) is 2. The standard InChI is InChI=1S/C14H18N2O/c1-3-17-10-4-5-13-11(6-10)12-8-15-7-9(2)14(12)16-13/h4-6,9,15-16H,3,7-8H2,1-2H3. The first kappa shape index (κ1) is 10.7. The number of benzene rings is 1. The van der Waals surface area contributed by atoms with Gasteiger partial charge < -0.3 is 15.0 Å². The van der Waals surface area contributed by atoms with E-state index >= 15 is 0 Å². The summed E-state index contributed by atoms with van der Waals surface area (Å²) in [5, 5.41) is 4.76. The molecular formula is C14H18N2O. The Morgan fingerprint density at radius 1 is 1.41 bits per heavy atom. The molecule has 2 N–H and O–H groups in total. The van der Waals surface area contributed by atoms with Crippen LogP contribution in [0.5, 0.6) is 5.75 Å². The summed E-state index contributed by atoms with van der Waals surface area (Å²) in [6.07, 6.45) is 0. The second kappa shape index (κ2) is 4.08. The number of hydrogen-bond donors (Lipinski definition) is 2. The predicted molar refractivity (Wildman–Crippen MR) is 69.6 cm³/mol. The first-order chi connectivity index (χ1) is 8.29. The van der Waals surface area contributed by atoms with Gasteiger partial charge in [0.2, 0.25) is 0 Å². The number of H-pyrrole nitrogens is 1. The lowest BCUT2D eigenvalue weighted by atomic mass is 9.98. The zero-order valence-corrected chi connectivity index (χ0v) is 10.3. The number of aromatic amines is 1. The molecule has 17 heavy (non-hydrogen) atoms. The summed E-state index contributed by atoms with van der Waals surface area (Å²) in [6, 6.07) is 6.30. The van der Waals surface area contributed by atoms with Gasteiger partial charge >= 0.3 is 0 Å². The summed E-state index contributed by atoms with van der Waals surface area (Å²) in [5.74, 6) is 1.52. The van der Waals surface area contributed by atoms with Gasteiger partial charge in [-0.3, -0.25) is 0 Å². The molecule has 1 aromatic carbocycles. The van der Waals surface area contributed by atoms with E-state index in [9.17, 15) is 0 Å². The van der Waals surface area contributed by atoms with Crippen molar-refractivity contribution < 1.29 is 4.74 Å². The molecule has 2 aromatic rings. The van der Waals surface area contributed by atoms with E-state index in [2.05, 4.69) is 29.4 Å². The Labute approximate surface area is 101 Å². The molecule has 3 rings (SSSR count). The van der Waals surface area contributed by atoms with Gasteiger partial charge in [-0.2, -0.15) is 0 Å². The van der Waals surface area contributed by atoms with Crippen molar-refractivity contribution in [2.24, 2.45) is 0 Å². The highest BCUT2D eigenvalue weighted by atomic mass is 16.5. The van der Waals surface area contributed by atoms with E-state index in [0.29, 0.717) is 12.5 Å². The number of rotatable bonds is 2. The van der Waals surface area contributed by atoms with E-state index < -0.39 is 0 Å². The number of nitrogens with one attached hydrogen (secondary N) is 2. The van der Waals surface area contributed by atoms with Crippen LogP contribution in [0.2, 0.25) is 0 Å². The third-order valence-electron chi connectivity index (χ3n) is 3.47. The molecule has 1 aromatic heterocycles. The molecule has 0 amide bonds. The molecule has 0 spiro atoms. The van der Waals surface area contributed by atoms with Crippen LogP contribution in [0.1, 0.15) is 31.0 Å². The van der Waals surface area contributed by atoms with Gasteiger partial charge in [-0.05, 0) is 30.7 Å². The molecule has 0 radical (unpaired) electrons. The predicted octanol–water partition coefficient (Wildman–Crippen LogP) is 2.77. The van der Waals surface area contributed by atoms with Crippen molar-refractivity contribution in [2.45, 2.75) is 26.3 Å². The molecule has 2 heterocycles. The Hall–Kier alpha value is -1.48. The van der Waals surface area contributed by atoms with E-state index in [1.807, 2.05) is 13.0 Å². The average Bonchev–Trinajstić information content (AvgIpc) is 2.70. The van der Waals surface area contributed by atoms with Gasteiger partial charge in [0.15, 0.2) is 0 Å². The topological polar surface area (TPSA) is 37.0 Å². The van der Waals surface area contributed by atoms with Gasteiger partial charge in [0.25, 0.3) is 0 Å². The van der Waals surface area contributed by atoms with Gasteiger partial charge in [-0.15, -0.1) is 0 Å². The fourth-order valence-corrected chi connectivity index (χ4v) is 2.63. The van der Waals surface area contributed by atoms with E-state index in [-0.39, 0.29) is 0 Å². The number of aromatic nitrogens is 1. The Morgan fingerprint density at radius 2 is 2.29 bits per heavy atom. The molecule has 1 atom stereocenters. The second-order valence-corrected chi connectivity index (χ2v) is 4.69. The van der Waals surface area contributed by atoms with Gasteiger partial charge in [0.1, 0.15) is 5.75 Å². The summed E-state index contributed by atoms with van der Waals surface area (Å²) in [7, 11) is 0. The minimum Gasteiger partial charge on any atom is -0.494 e. The Morgan fingerprint density at radius 3 is 3.12 bits per heavy atom. The first-order valence-corrected chi connectivity index (χ1v) is 6.27. The highest BCUT2D eigenvalue weighted by Gasteiger charge is 2.20. The van der Waals surface area contributed by atoms with Crippen LogP contribution in [-0.2, 0) is 6.54 Å². The summed E-state index contributed by atoms with van der Waals surface area (Å²) in [4.78, 5) is 3.54. The minimum atomic E-state index is 0.557. The molecule has 3 nitrogen and oxygen atoms in total. The zero-order valence-electron chi connectivity index (χ0n) is 10.3. The summed E-state index contributed by atoms with van der Waals surface area (Å²) < 4.78 is 5.57. The van der Waals surface area contributed by atoms with Crippen LogP contribution in [0.3, 0.4) is 0 Å². The first-order valence-electron chi connectivity index (χ1n) is 6.27. The third kappa shape index (κ3) is 1.71. The maximum absolute atomic E-state index is 5.57. The molecule has 0 aliphatic carbocycles. The van der Waals surface area contributed by atoms with Crippen molar-refractivity contribution in [1.29, 1.82) is 0 Å². The highest BCUT2D eigenvalue weighted by Crippen LogP contribution is 2.32. The Kier molecular flexibility index (Phi) is 2.56. The summed E-state index contributed by atoms with van der Waals surface area (Å²) in [6.45, 7) is 6.99. The lowest BCUT2D eigenvalue weighted by Crippen LogP contribution is -2.26. The maximum atomic E-state index is 5.57. The van der Waals surface area contributed by atoms with Crippen molar-refractivity contribution >= 4 is 10.9 Å². The van der Waals surface area contributed by atoms with Gasteiger partial charge in [-0.1, -0.05) is 6.92 Å². The van der Waals surface area contributed by atoms with Crippen LogP contribution in [0, 0.1) is 0 Å². The lowest BCUT2D eigenvalue weighted by Gasteiger charge is -2.19. The quantitative estimate of drug-likeness (QED) is 0.832. The highest BCUT2D eigenvalue weighted by molar-refractivity contribution is 5.86. The normalized spacial score (nSPS) is 19.3. The van der Waals surface area contributed by atoms with Crippen molar-refractivity contribution in [1.82, 2.24) is 10.3 Å². The third-order valence-corrected chi connectivity index (χ3v) is 3.47. The SMILES string of the molecule is CCOc1ccc2[nH]c3c(c2c1)CNCC3C. The molecule has 1 aliphatic heterocycles. The molecule has 0 bridgehead atoms. The average molecular weight is 230 g/mol. The molecule has 1 aliphatic rings. The lowest BCUT2D eigenvalue weighted by molar-refractivity contribution is 0.340. The van der Waals surface area contributed by atoms with E-state index in [1.54, 1.807) is 0 Å². The molecule has 0 saturated heterocycles. The Balaban J connectivity index is 2.15. The summed E-state index contributed by atoms with van der Waals surface area (Å²) in [5.41, 5.74) is 4.00. The molecule has 90 valence electrons. The zero-order chi connectivity index (χ0) is 11.8. The smallest absolute Gasteiger partial charge is 0.120 e. The van der Waals surface area contributed by atoms with Gasteiger partial charge in [-0.25, -0.2) is 0 Å². The monoisotopic (exact) mass is 230 g/mol. The van der Waals surface area contributed by atoms with E-state index in [0.717, 1.165) is 18.8 Å². The van der Waals surface area contributed by atoms with Crippen LogP contribution in [0.4, 0.5) is 0 Å². The van der Waals surface area contributed by atoms with E-state index in [4.69, 9.17) is 4.74 Å². The van der Waals surface area contributed by atoms with Crippen LogP contribution in [0.25, 0.3) is 10.9 Å².